The number of H-pyrrole nitrogens is 1. The fourth-order valence-corrected chi connectivity index (χ4v) is 1.62. The zero-order valence-corrected chi connectivity index (χ0v) is 9.80. The Labute approximate surface area is 98.3 Å². The molecule has 6 heteroatoms. The summed E-state index contributed by atoms with van der Waals surface area (Å²) in [6.45, 7) is 3.09. The molecule has 0 saturated carbocycles. The van der Waals surface area contributed by atoms with E-state index >= 15 is 0 Å². The molecule has 2 aromatic heterocycles. The van der Waals surface area contributed by atoms with E-state index < -0.39 is 0 Å². The number of ether oxygens (including phenoxy) is 1. The molecule has 0 spiro atoms. The SMILES string of the molecule is CCn1cncc1-c1nc(COC)cc(=O)[nH]1. The average molecular weight is 234 g/mol. The quantitative estimate of drug-likeness (QED) is 0.849. The highest BCUT2D eigenvalue weighted by atomic mass is 16.5. The van der Waals surface area contributed by atoms with Crippen molar-refractivity contribution in [1.29, 1.82) is 0 Å². The van der Waals surface area contributed by atoms with Crippen LogP contribution < -0.4 is 5.56 Å². The van der Waals surface area contributed by atoms with E-state index in [-0.39, 0.29) is 5.56 Å². The summed E-state index contributed by atoms with van der Waals surface area (Å²) >= 11 is 0. The van der Waals surface area contributed by atoms with Crippen LogP contribution in [0, 0.1) is 0 Å². The summed E-state index contributed by atoms with van der Waals surface area (Å²) in [5.41, 5.74) is 1.21. The second-order valence-electron chi connectivity index (χ2n) is 3.58. The number of aromatic nitrogens is 4. The molecule has 0 aliphatic heterocycles. The lowest BCUT2D eigenvalue weighted by atomic mass is 10.3. The maximum atomic E-state index is 11.5. The molecule has 2 rings (SSSR count). The van der Waals surface area contributed by atoms with Crippen molar-refractivity contribution in [2.24, 2.45) is 0 Å². The Hall–Kier alpha value is -1.95. The van der Waals surface area contributed by atoms with Crippen LogP contribution in [-0.2, 0) is 17.9 Å². The van der Waals surface area contributed by atoms with Gasteiger partial charge in [-0.25, -0.2) is 9.97 Å². The van der Waals surface area contributed by atoms with Crippen LogP contribution in [0.1, 0.15) is 12.6 Å². The molecule has 0 aliphatic carbocycles. The van der Waals surface area contributed by atoms with Crippen LogP contribution in [0.2, 0.25) is 0 Å². The van der Waals surface area contributed by atoms with Crippen molar-refractivity contribution in [1.82, 2.24) is 19.5 Å². The first-order valence-corrected chi connectivity index (χ1v) is 5.34. The third-order valence-electron chi connectivity index (χ3n) is 2.38. The van der Waals surface area contributed by atoms with Gasteiger partial charge in [0.1, 0.15) is 5.69 Å². The van der Waals surface area contributed by atoms with E-state index in [1.54, 1.807) is 19.6 Å². The number of methoxy groups -OCH3 is 1. The van der Waals surface area contributed by atoms with Crippen molar-refractivity contribution < 1.29 is 4.74 Å². The van der Waals surface area contributed by atoms with Gasteiger partial charge in [0.05, 0.1) is 24.8 Å². The molecule has 1 N–H and O–H groups in total. The minimum atomic E-state index is -0.189. The predicted molar refractivity (Wildman–Crippen MR) is 62.5 cm³/mol. The van der Waals surface area contributed by atoms with Gasteiger partial charge in [-0.1, -0.05) is 0 Å². The van der Waals surface area contributed by atoms with Gasteiger partial charge in [0.15, 0.2) is 5.82 Å². The van der Waals surface area contributed by atoms with Crippen molar-refractivity contribution in [3.63, 3.8) is 0 Å². The second-order valence-corrected chi connectivity index (χ2v) is 3.58. The summed E-state index contributed by atoms with van der Waals surface area (Å²) in [7, 11) is 1.57. The van der Waals surface area contributed by atoms with Crippen LogP contribution in [0.5, 0.6) is 0 Å². The number of aromatic amines is 1. The van der Waals surface area contributed by atoms with Gasteiger partial charge in [-0.05, 0) is 6.92 Å². The molecule has 2 heterocycles. The molecular formula is C11H14N4O2. The molecule has 17 heavy (non-hydrogen) atoms. The topological polar surface area (TPSA) is 72.8 Å². The normalized spacial score (nSPS) is 10.7. The lowest BCUT2D eigenvalue weighted by Gasteiger charge is -2.05. The van der Waals surface area contributed by atoms with E-state index in [0.29, 0.717) is 18.1 Å². The summed E-state index contributed by atoms with van der Waals surface area (Å²) in [4.78, 5) is 22.6. The summed E-state index contributed by atoms with van der Waals surface area (Å²) in [6, 6.07) is 1.43. The van der Waals surface area contributed by atoms with Crippen LogP contribution in [-0.4, -0.2) is 26.6 Å². The van der Waals surface area contributed by atoms with Crippen molar-refractivity contribution in [3.05, 3.63) is 34.6 Å². The lowest BCUT2D eigenvalue weighted by Crippen LogP contribution is -2.12. The number of hydrogen-bond acceptors (Lipinski definition) is 4. The third kappa shape index (κ3) is 2.42. The van der Waals surface area contributed by atoms with Gasteiger partial charge in [0, 0.05) is 19.7 Å². The standard InChI is InChI=1S/C11H14N4O2/c1-3-15-7-12-5-9(15)11-13-8(6-17-2)4-10(16)14-11/h4-5,7H,3,6H2,1-2H3,(H,13,14,16). The molecular weight excluding hydrogens is 220 g/mol. The molecule has 0 atom stereocenters. The number of imidazole rings is 1. The van der Waals surface area contributed by atoms with Crippen LogP contribution in [0.4, 0.5) is 0 Å². The number of hydrogen-bond donors (Lipinski definition) is 1. The van der Waals surface area contributed by atoms with Crippen LogP contribution in [0.3, 0.4) is 0 Å². The van der Waals surface area contributed by atoms with E-state index in [1.165, 1.54) is 6.07 Å². The smallest absolute Gasteiger partial charge is 0.251 e. The molecule has 2 aromatic rings. The van der Waals surface area contributed by atoms with Gasteiger partial charge in [0.2, 0.25) is 0 Å². The lowest BCUT2D eigenvalue weighted by molar-refractivity contribution is 0.181. The highest BCUT2D eigenvalue weighted by Crippen LogP contribution is 2.13. The number of nitrogens with zero attached hydrogens (tertiary/aromatic N) is 3. The molecule has 0 aliphatic rings. The van der Waals surface area contributed by atoms with E-state index in [2.05, 4.69) is 15.0 Å². The number of nitrogens with one attached hydrogen (secondary N) is 1. The Morgan fingerprint density at radius 2 is 2.35 bits per heavy atom. The molecule has 0 radical (unpaired) electrons. The van der Waals surface area contributed by atoms with Crippen molar-refractivity contribution in [2.45, 2.75) is 20.1 Å². The first-order chi connectivity index (χ1) is 8.24. The fraction of sp³-hybridized carbons (Fsp3) is 0.364. The van der Waals surface area contributed by atoms with Crippen LogP contribution in [0.25, 0.3) is 11.5 Å². The molecule has 0 amide bonds. The van der Waals surface area contributed by atoms with Gasteiger partial charge >= 0.3 is 0 Å². The molecule has 6 nitrogen and oxygen atoms in total. The maximum absolute atomic E-state index is 11.5. The van der Waals surface area contributed by atoms with Crippen molar-refractivity contribution in [3.8, 4) is 11.5 Å². The molecule has 90 valence electrons. The zero-order valence-electron chi connectivity index (χ0n) is 9.80. The number of rotatable bonds is 4. The fourth-order valence-electron chi connectivity index (χ4n) is 1.62. The summed E-state index contributed by atoms with van der Waals surface area (Å²) in [6.07, 6.45) is 3.39. The Morgan fingerprint density at radius 1 is 1.53 bits per heavy atom. The summed E-state index contributed by atoms with van der Waals surface area (Å²) in [5, 5.41) is 0. The van der Waals surface area contributed by atoms with Gasteiger partial charge in [-0.15, -0.1) is 0 Å². The minimum absolute atomic E-state index is 0.189. The summed E-state index contributed by atoms with van der Waals surface area (Å²) in [5.74, 6) is 0.518. The Kier molecular flexibility index (Phi) is 3.34. The van der Waals surface area contributed by atoms with Crippen molar-refractivity contribution >= 4 is 0 Å². The average Bonchev–Trinajstić information content (AvgIpc) is 2.76. The van der Waals surface area contributed by atoms with Crippen LogP contribution in [0.15, 0.2) is 23.4 Å². The summed E-state index contributed by atoms with van der Waals surface area (Å²) < 4.78 is 6.89. The van der Waals surface area contributed by atoms with Crippen molar-refractivity contribution in [2.75, 3.05) is 7.11 Å². The van der Waals surface area contributed by atoms with E-state index in [9.17, 15) is 4.79 Å². The highest BCUT2D eigenvalue weighted by molar-refractivity contribution is 5.48. The van der Waals surface area contributed by atoms with Crippen LogP contribution >= 0.6 is 0 Å². The van der Waals surface area contributed by atoms with E-state index in [0.717, 1.165) is 12.2 Å². The molecule has 0 fully saturated rings. The minimum Gasteiger partial charge on any atom is -0.378 e. The Morgan fingerprint density at radius 3 is 3.06 bits per heavy atom. The van der Waals surface area contributed by atoms with Gasteiger partial charge in [-0.3, -0.25) is 4.79 Å². The second kappa shape index (κ2) is 4.92. The van der Waals surface area contributed by atoms with E-state index in [1.807, 2.05) is 11.5 Å². The predicted octanol–water partition coefficient (Wildman–Crippen LogP) is 0.800. The molecule has 0 saturated heterocycles. The number of aryl methyl sites for hydroxylation is 1. The van der Waals surface area contributed by atoms with Gasteiger partial charge in [-0.2, -0.15) is 0 Å². The Bertz CT molecular complexity index is 559. The Balaban J connectivity index is 2.48. The largest absolute Gasteiger partial charge is 0.378 e. The molecule has 0 bridgehead atoms. The highest BCUT2D eigenvalue weighted by Gasteiger charge is 2.08. The molecule has 0 unspecified atom stereocenters. The van der Waals surface area contributed by atoms with Gasteiger partial charge < -0.3 is 14.3 Å². The van der Waals surface area contributed by atoms with E-state index in [4.69, 9.17) is 4.74 Å². The monoisotopic (exact) mass is 234 g/mol. The maximum Gasteiger partial charge on any atom is 0.251 e. The van der Waals surface area contributed by atoms with Gasteiger partial charge in [0.25, 0.3) is 5.56 Å². The zero-order chi connectivity index (χ0) is 12.3. The molecule has 0 aromatic carbocycles. The first-order valence-electron chi connectivity index (χ1n) is 5.34. The first kappa shape index (κ1) is 11.5. The third-order valence-corrected chi connectivity index (χ3v) is 2.38.